The van der Waals surface area contributed by atoms with Gasteiger partial charge in [0.15, 0.2) is 0 Å². The van der Waals surface area contributed by atoms with Crippen molar-refractivity contribution in [3.63, 3.8) is 0 Å². The molecule has 8 heteroatoms. The number of hydrogen-bond acceptors (Lipinski definition) is 8. The van der Waals surface area contributed by atoms with Crippen LogP contribution >= 0.6 is 0 Å². The molecule has 0 aliphatic heterocycles. The number of hydrogen-bond donors (Lipinski definition) is 8. The molecular formula is C8H19NO7. The van der Waals surface area contributed by atoms with Crippen LogP contribution in [-0.4, -0.2) is 59.8 Å². The molecular weight excluding hydrogens is 222 g/mol. The Bertz CT molecular complexity index is 211. The summed E-state index contributed by atoms with van der Waals surface area (Å²) in [7, 11) is 0. The van der Waals surface area contributed by atoms with Crippen LogP contribution in [0, 0.1) is 0 Å². The summed E-state index contributed by atoms with van der Waals surface area (Å²) in [6.45, 7) is 0.400. The third-order valence-electron chi connectivity index (χ3n) is 2.26. The molecule has 0 radical (unpaired) electrons. The molecule has 0 aliphatic carbocycles. The lowest BCUT2D eigenvalue weighted by atomic mass is 9.97. The van der Waals surface area contributed by atoms with Gasteiger partial charge in [-0.15, -0.1) is 0 Å². The van der Waals surface area contributed by atoms with E-state index in [9.17, 15) is 10.2 Å². The van der Waals surface area contributed by atoms with Gasteiger partial charge in [-0.25, -0.2) is 0 Å². The zero-order chi connectivity index (χ0) is 13.0. The van der Waals surface area contributed by atoms with E-state index in [4.69, 9.17) is 31.3 Å². The zero-order valence-electron chi connectivity index (χ0n) is 8.74. The molecule has 8 nitrogen and oxygen atoms in total. The second kappa shape index (κ2) is 5.34. The number of unbranched alkanes of at least 4 members (excludes halogenated alkanes) is 2. The van der Waals surface area contributed by atoms with Crippen LogP contribution in [0.15, 0.2) is 0 Å². The second-order valence-corrected chi connectivity index (χ2v) is 3.72. The largest absolute Gasteiger partial charge is 0.361 e. The van der Waals surface area contributed by atoms with Gasteiger partial charge >= 0.3 is 11.8 Å². The van der Waals surface area contributed by atoms with E-state index in [1.807, 2.05) is 0 Å². The van der Waals surface area contributed by atoms with Gasteiger partial charge in [0.1, 0.15) is 0 Å². The molecule has 0 aromatic heterocycles. The van der Waals surface area contributed by atoms with Gasteiger partial charge in [-0.3, -0.25) is 0 Å². The Balaban J connectivity index is 4.41. The number of nitrogens with two attached hydrogens (primary N) is 1. The Morgan fingerprint density at radius 3 is 1.62 bits per heavy atom. The van der Waals surface area contributed by atoms with Crippen LogP contribution in [0.3, 0.4) is 0 Å². The highest BCUT2D eigenvalue weighted by Crippen LogP contribution is 2.30. The Kier molecular flexibility index (Phi) is 5.23. The van der Waals surface area contributed by atoms with E-state index in [0.29, 0.717) is 19.4 Å². The summed E-state index contributed by atoms with van der Waals surface area (Å²) in [5.41, 5.74) is 5.19. The summed E-state index contributed by atoms with van der Waals surface area (Å²) in [4.78, 5) is 0. The van der Waals surface area contributed by atoms with Crippen molar-refractivity contribution in [1.29, 1.82) is 0 Å². The van der Waals surface area contributed by atoms with Crippen LogP contribution in [0.25, 0.3) is 0 Å². The average molecular weight is 241 g/mol. The van der Waals surface area contributed by atoms with E-state index in [2.05, 4.69) is 0 Å². The van der Waals surface area contributed by atoms with Crippen LogP contribution in [0.2, 0.25) is 0 Å². The first kappa shape index (κ1) is 15.7. The zero-order valence-corrected chi connectivity index (χ0v) is 8.74. The minimum atomic E-state index is -4.04. The van der Waals surface area contributed by atoms with Gasteiger partial charge < -0.3 is 41.5 Å². The van der Waals surface area contributed by atoms with Gasteiger partial charge in [0, 0.05) is 6.42 Å². The summed E-state index contributed by atoms with van der Waals surface area (Å²) < 4.78 is 0. The summed E-state index contributed by atoms with van der Waals surface area (Å²) in [5, 5.41) is 62.1. The van der Waals surface area contributed by atoms with Crippen molar-refractivity contribution in [3.8, 4) is 0 Å². The summed E-state index contributed by atoms with van der Waals surface area (Å²) >= 11 is 0. The molecule has 9 N–H and O–H groups in total. The van der Waals surface area contributed by atoms with E-state index in [1.54, 1.807) is 0 Å². The minimum absolute atomic E-state index is 0.156. The van der Waals surface area contributed by atoms with Crippen molar-refractivity contribution in [3.05, 3.63) is 0 Å². The molecule has 0 amide bonds. The first-order valence-electron chi connectivity index (χ1n) is 4.83. The maximum Gasteiger partial charge on any atom is 0.338 e. The first-order valence-corrected chi connectivity index (χ1v) is 4.83. The molecule has 0 aromatic carbocycles. The highest BCUT2D eigenvalue weighted by Gasteiger charge is 2.61. The van der Waals surface area contributed by atoms with E-state index in [0.717, 1.165) is 0 Å². The lowest BCUT2D eigenvalue weighted by molar-refractivity contribution is -0.509. The third kappa shape index (κ3) is 3.61. The standard InChI is InChI=1S/C8H19NO7/c9-5-3-1-2-4-6(10,11)7(12,13)8(14,15)16/h10-16H,1-5,9H2. The molecule has 0 unspecified atom stereocenters. The van der Waals surface area contributed by atoms with E-state index in [-0.39, 0.29) is 6.42 Å². The van der Waals surface area contributed by atoms with Gasteiger partial charge in [-0.2, -0.15) is 0 Å². The van der Waals surface area contributed by atoms with Crippen LogP contribution in [0.5, 0.6) is 0 Å². The SMILES string of the molecule is NCCCCCC(O)(O)C(O)(O)C(O)(O)O. The highest BCUT2D eigenvalue weighted by atomic mass is 16.7. The fourth-order valence-electron chi connectivity index (χ4n) is 1.14. The molecule has 0 saturated carbocycles. The molecule has 0 atom stereocenters. The molecule has 16 heavy (non-hydrogen) atoms. The minimum Gasteiger partial charge on any atom is -0.361 e. The van der Waals surface area contributed by atoms with Crippen LogP contribution < -0.4 is 5.73 Å². The quantitative estimate of drug-likeness (QED) is 0.168. The normalized spacial score (nSPS) is 14.2. The predicted octanol–water partition coefficient (Wildman–Crippen LogP) is -3.50. The Hall–Kier alpha value is -0.320. The maximum atomic E-state index is 9.22. The fourth-order valence-corrected chi connectivity index (χ4v) is 1.14. The summed E-state index contributed by atoms with van der Waals surface area (Å²) in [6, 6.07) is 0. The highest BCUT2D eigenvalue weighted by molar-refractivity contribution is 4.87. The summed E-state index contributed by atoms with van der Waals surface area (Å²) in [6.07, 6.45) is 0.680. The number of aliphatic hydroxyl groups is 7. The van der Waals surface area contributed by atoms with Crippen molar-refractivity contribution >= 4 is 0 Å². The van der Waals surface area contributed by atoms with Crippen molar-refractivity contribution in [2.45, 2.75) is 43.2 Å². The molecule has 0 heterocycles. The second-order valence-electron chi connectivity index (χ2n) is 3.72. The van der Waals surface area contributed by atoms with Gasteiger partial charge in [-0.05, 0) is 19.4 Å². The van der Waals surface area contributed by atoms with E-state index < -0.39 is 24.0 Å². The molecule has 98 valence electrons. The van der Waals surface area contributed by atoms with Crippen LogP contribution in [-0.2, 0) is 0 Å². The molecule has 0 fully saturated rings. The van der Waals surface area contributed by atoms with Gasteiger partial charge in [0.25, 0.3) is 0 Å². The molecule has 0 spiro atoms. The predicted molar refractivity (Wildman–Crippen MR) is 51.2 cm³/mol. The van der Waals surface area contributed by atoms with E-state index >= 15 is 0 Å². The van der Waals surface area contributed by atoms with Gasteiger partial charge in [-0.1, -0.05) is 6.42 Å². The smallest absolute Gasteiger partial charge is 0.338 e. The van der Waals surface area contributed by atoms with Gasteiger partial charge in [0.2, 0.25) is 5.79 Å². The topological polar surface area (TPSA) is 168 Å². The molecule has 0 rings (SSSR count). The maximum absolute atomic E-state index is 9.22. The Labute approximate surface area is 92.2 Å². The Morgan fingerprint density at radius 1 is 0.750 bits per heavy atom. The van der Waals surface area contributed by atoms with E-state index in [1.165, 1.54) is 0 Å². The molecule has 0 aliphatic rings. The monoisotopic (exact) mass is 241 g/mol. The molecule has 0 saturated heterocycles. The van der Waals surface area contributed by atoms with Crippen molar-refractivity contribution in [1.82, 2.24) is 0 Å². The Morgan fingerprint density at radius 2 is 1.25 bits per heavy atom. The lowest BCUT2D eigenvalue weighted by Gasteiger charge is -2.39. The van der Waals surface area contributed by atoms with Gasteiger partial charge in [0.05, 0.1) is 0 Å². The molecule has 0 bridgehead atoms. The average Bonchev–Trinajstić information content (AvgIpc) is 2.10. The third-order valence-corrected chi connectivity index (χ3v) is 2.26. The van der Waals surface area contributed by atoms with Crippen molar-refractivity contribution in [2.75, 3.05) is 6.54 Å². The number of rotatable bonds is 7. The lowest BCUT2D eigenvalue weighted by Crippen LogP contribution is -2.68. The van der Waals surface area contributed by atoms with Crippen molar-refractivity contribution in [2.24, 2.45) is 5.73 Å². The van der Waals surface area contributed by atoms with Crippen LogP contribution in [0.4, 0.5) is 0 Å². The first-order chi connectivity index (χ1) is 7.06. The summed E-state index contributed by atoms with van der Waals surface area (Å²) in [5.74, 6) is -11.2. The fraction of sp³-hybridized carbons (Fsp3) is 1.00. The molecule has 0 aromatic rings. The van der Waals surface area contributed by atoms with Crippen molar-refractivity contribution < 1.29 is 35.7 Å². The van der Waals surface area contributed by atoms with Crippen LogP contribution in [0.1, 0.15) is 25.7 Å².